The van der Waals surface area contributed by atoms with Gasteiger partial charge in [0.15, 0.2) is 0 Å². The van der Waals surface area contributed by atoms with Gasteiger partial charge in [-0.1, -0.05) is 13.3 Å². The first-order chi connectivity index (χ1) is 8.60. The van der Waals surface area contributed by atoms with Crippen molar-refractivity contribution in [3.05, 3.63) is 0 Å². The summed E-state index contributed by atoms with van der Waals surface area (Å²) in [7, 11) is 1.72. The first-order valence-electron chi connectivity index (χ1n) is 6.34. The van der Waals surface area contributed by atoms with Gasteiger partial charge in [0.1, 0.15) is 0 Å². The minimum atomic E-state index is -0.219. The predicted octanol–water partition coefficient (Wildman–Crippen LogP) is 2.56. The molecule has 0 aromatic carbocycles. The van der Waals surface area contributed by atoms with E-state index in [9.17, 15) is 9.59 Å². The lowest BCUT2D eigenvalue weighted by Gasteiger charge is -2.13. The standard InChI is InChI=1S/C12H23NO4S/c1-4-13(3)16-11(14)9-7-6-8-10-12(15)17-18-5-2/h4-10H2,1-3H3. The first-order valence-corrected chi connectivity index (χ1v) is 7.25. The van der Waals surface area contributed by atoms with Gasteiger partial charge in [0, 0.05) is 32.2 Å². The lowest BCUT2D eigenvalue weighted by Crippen LogP contribution is -2.22. The third-order valence-corrected chi connectivity index (χ3v) is 2.77. The molecule has 0 aliphatic rings. The van der Waals surface area contributed by atoms with E-state index < -0.39 is 0 Å². The molecule has 0 aliphatic heterocycles. The molecular formula is C12H23NO4S. The normalized spacial score (nSPS) is 10.4. The molecule has 0 rings (SSSR count). The highest BCUT2D eigenvalue weighted by atomic mass is 32.2. The van der Waals surface area contributed by atoms with E-state index in [0.717, 1.165) is 25.0 Å². The number of rotatable bonds is 10. The zero-order valence-corrected chi connectivity index (χ0v) is 12.3. The van der Waals surface area contributed by atoms with Crippen molar-refractivity contribution in [1.82, 2.24) is 5.06 Å². The van der Waals surface area contributed by atoms with Gasteiger partial charge in [-0.25, -0.2) is 0 Å². The number of carbonyl (C=O) groups is 2. The quantitative estimate of drug-likeness (QED) is 0.347. The molecule has 106 valence electrons. The van der Waals surface area contributed by atoms with Crippen molar-refractivity contribution in [2.75, 3.05) is 19.3 Å². The second-order valence-corrected chi connectivity index (χ2v) is 4.81. The van der Waals surface area contributed by atoms with Crippen LogP contribution in [0.25, 0.3) is 0 Å². The third kappa shape index (κ3) is 10.4. The molecule has 0 saturated carbocycles. The van der Waals surface area contributed by atoms with Crippen LogP contribution in [0.15, 0.2) is 0 Å². The Morgan fingerprint density at radius 2 is 1.67 bits per heavy atom. The maximum atomic E-state index is 11.3. The summed E-state index contributed by atoms with van der Waals surface area (Å²) in [5.41, 5.74) is 0. The van der Waals surface area contributed by atoms with Crippen LogP contribution in [0.4, 0.5) is 0 Å². The van der Waals surface area contributed by atoms with Crippen LogP contribution in [-0.4, -0.2) is 36.3 Å². The molecule has 0 aromatic rings. The molecule has 0 atom stereocenters. The van der Waals surface area contributed by atoms with Gasteiger partial charge in [-0.05, 0) is 19.8 Å². The van der Waals surface area contributed by atoms with Crippen molar-refractivity contribution in [3.8, 4) is 0 Å². The fraction of sp³-hybridized carbons (Fsp3) is 0.833. The van der Waals surface area contributed by atoms with E-state index in [1.165, 1.54) is 17.1 Å². The highest BCUT2D eigenvalue weighted by Crippen LogP contribution is 2.09. The largest absolute Gasteiger partial charge is 0.391 e. The Bertz CT molecular complexity index is 248. The van der Waals surface area contributed by atoms with E-state index in [4.69, 9.17) is 9.02 Å². The summed E-state index contributed by atoms with van der Waals surface area (Å²) in [6, 6.07) is 0. The number of unbranched alkanes of at least 4 members (excludes halogenated alkanes) is 2. The van der Waals surface area contributed by atoms with E-state index in [1.807, 2.05) is 13.8 Å². The van der Waals surface area contributed by atoms with Crippen molar-refractivity contribution in [1.29, 1.82) is 0 Å². The Hall–Kier alpha value is -0.750. The highest BCUT2D eigenvalue weighted by molar-refractivity contribution is 7.95. The van der Waals surface area contributed by atoms with Gasteiger partial charge in [0.2, 0.25) is 0 Å². The number of nitrogens with zero attached hydrogens (tertiary/aromatic N) is 1. The fourth-order valence-electron chi connectivity index (χ4n) is 1.17. The Balaban J connectivity index is 3.39. The third-order valence-electron chi connectivity index (χ3n) is 2.23. The minimum Gasteiger partial charge on any atom is -0.391 e. The molecule has 0 radical (unpaired) electrons. The van der Waals surface area contributed by atoms with E-state index >= 15 is 0 Å². The maximum absolute atomic E-state index is 11.3. The molecule has 0 N–H and O–H groups in total. The number of carbonyl (C=O) groups excluding carboxylic acids is 2. The molecule has 6 heteroatoms. The van der Waals surface area contributed by atoms with Crippen molar-refractivity contribution < 1.29 is 18.6 Å². The molecule has 18 heavy (non-hydrogen) atoms. The lowest BCUT2D eigenvalue weighted by atomic mass is 10.1. The van der Waals surface area contributed by atoms with Crippen LogP contribution in [0, 0.1) is 0 Å². The molecular weight excluding hydrogens is 254 g/mol. The summed E-state index contributed by atoms with van der Waals surface area (Å²) >= 11 is 1.17. The van der Waals surface area contributed by atoms with Crippen molar-refractivity contribution in [2.24, 2.45) is 0 Å². The predicted molar refractivity (Wildman–Crippen MR) is 71.7 cm³/mol. The van der Waals surface area contributed by atoms with Gasteiger partial charge < -0.3 is 9.02 Å². The minimum absolute atomic E-state index is 0.185. The molecule has 0 bridgehead atoms. The molecule has 0 fully saturated rings. The van der Waals surface area contributed by atoms with Gasteiger partial charge in [0.25, 0.3) is 0 Å². The summed E-state index contributed by atoms with van der Waals surface area (Å²) in [6.45, 7) is 4.51. The van der Waals surface area contributed by atoms with Crippen LogP contribution >= 0.6 is 12.0 Å². The van der Waals surface area contributed by atoms with Crippen molar-refractivity contribution in [3.63, 3.8) is 0 Å². The molecule has 0 spiro atoms. The number of hydroxylamine groups is 2. The Morgan fingerprint density at radius 1 is 1.06 bits per heavy atom. The number of hydrogen-bond donors (Lipinski definition) is 0. The zero-order chi connectivity index (χ0) is 13.8. The van der Waals surface area contributed by atoms with E-state index in [-0.39, 0.29) is 11.9 Å². The lowest BCUT2D eigenvalue weighted by molar-refractivity contribution is -0.183. The van der Waals surface area contributed by atoms with Gasteiger partial charge in [0.05, 0.1) is 12.0 Å². The van der Waals surface area contributed by atoms with Gasteiger partial charge in [-0.2, -0.15) is 0 Å². The highest BCUT2D eigenvalue weighted by Gasteiger charge is 2.07. The van der Waals surface area contributed by atoms with Crippen LogP contribution in [0.5, 0.6) is 0 Å². The topological polar surface area (TPSA) is 55.8 Å². The van der Waals surface area contributed by atoms with E-state index in [0.29, 0.717) is 19.4 Å². The van der Waals surface area contributed by atoms with E-state index in [2.05, 4.69) is 0 Å². The van der Waals surface area contributed by atoms with Crippen LogP contribution in [0.1, 0.15) is 46.0 Å². The van der Waals surface area contributed by atoms with E-state index in [1.54, 1.807) is 7.05 Å². The summed E-state index contributed by atoms with van der Waals surface area (Å²) in [4.78, 5) is 27.4. The molecule has 0 saturated heterocycles. The molecule has 0 aliphatic carbocycles. The van der Waals surface area contributed by atoms with Crippen LogP contribution in [0.3, 0.4) is 0 Å². The second-order valence-electron chi connectivity index (χ2n) is 3.83. The van der Waals surface area contributed by atoms with Crippen LogP contribution in [-0.2, 0) is 18.6 Å². The van der Waals surface area contributed by atoms with Gasteiger partial charge in [-0.15, -0.1) is 5.06 Å². The molecule has 0 aromatic heterocycles. The monoisotopic (exact) mass is 277 g/mol. The smallest absolute Gasteiger partial charge is 0.325 e. The Labute approximate surface area is 113 Å². The summed E-state index contributed by atoms with van der Waals surface area (Å²) in [5.74, 6) is 0.362. The average Bonchev–Trinajstić information content (AvgIpc) is 2.35. The molecule has 5 nitrogen and oxygen atoms in total. The number of hydrogen-bond acceptors (Lipinski definition) is 6. The Morgan fingerprint density at radius 3 is 2.22 bits per heavy atom. The maximum Gasteiger partial charge on any atom is 0.325 e. The Kier molecular flexibility index (Phi) is 10.9. The summed E-state index contributed by atoms with van der Waals surface area (Å²) in [6.07, 6.45) is 3.13. The molecule has 0 unspecified atom stereocenters. The SMILES string of the molecule is CCSOC(=O)CCCCCC(=O)ON(C)CC. The molecule has 0 amide bonds. The second kappa shape index (κ2) is 11.3. The van der Waals surface area contributed by atoms with Crippen molar-refractivity contribution in [2.45, 2.75) is 46.0 Å². The fourth-order valence-corrected chi connectivity index (χ4v) is 1.50. The first kappa shape index (κ1) is 17.2. The van der Waals surface area contributed by atoms with Crippen LogP contribution in [0.2, 0.25) is 0 Å². The average molecular weight is 277 g/mol. The summed E-state index contributed by atoms with van der Waals surface area (Å²) in [5, 5.41) is 1.50. The van der Waals surface area contributed by atoms with Gasteiger partial charge >= 0.3 is 11.9 Å². The van der Waals surface area contributed by atoms with Crippen LogP contribution < -0.4 is 0 Å². The van der Waals surface area contributed by atoms with Crippen molar-refractivity contribution >= 4 is 24.0 Å². The summed E-state index contributed by atoms with van der Waals surface area (Å²) < 4.78 is 4.87. The zero-order valence-electron chi connectivity index (χ0n) is 11.4. The molecule has 0 heterocycles. The van der Waals surface area contributed by atoms with Gasteiger partial charge in [-0.3, -0.25) is 9.59 Å².